The third kappa shape index (κ3) is 2.81. The Morgan fingerprint density at radius 3 is 2.73 bits per heavy atom. The van der Waals surface area contributed by atoms with Crippen LogP contribution in [-0.2, 0) is 11.3 Å². The average Bonchev–Trinajstić information content (AvgIpc) is 3.46. The van der Waals surface area contributed by atoms with Gasteiger partial charge in [-0.05, 0) is 31.9 Å². The van der Waals surface area contributed by atoms with Gasteiger partial charge in [-0.15, -0.1) is 0 Å². The fraction of sp³-hybridized carbons (Fsp3) is 0.455. The highest BCUT2D eigenvalue weighted by molar-refractivity contribution is 6.15. The zero-order valence-electron chi connectivity index (χ0n) is 16.9. The van der Waals surface area contributed by atoms with Crippen molar-refractivity contribution in [1.29, 1.82) is 0 Å². The number of carbonyl (C=O) groups excluding carboxylic acids is 1. The van der Waals surface area contributed by atoms with Gasteiger partial charge < -0.3 is 24.6 Å². The molecule has 1 saturated carbocycles. The highest BCUT2D eigenvalue weighted by Crippen LogP contribution is 2.49. The molecule has 3 heterocycles. The quantitative estimate of drug-likeness (QED) is 0.750. The monoisotopic (exact) mass is 413 g/mol. The summed E-state index contributed by atoms with van der Waals surface area (Å²) >= 11 is 0. The van der Waals surface area contributed by atoms with E-state index in [1.54, 1.807) is 0 Å². The topological polar surface area (TPSA) is 83.8 Å². The van der Waals surface area contributed by atoms with Crippen molar-refractivity contribution in [1.82, 2.24) is 9.88 Å². The molecule has 0 spiro atoms. The first-order valence-corrected chi connectivity index (χ1v) is 10.3. The predicted molar refractivity (Wildman–Crippen MR) is 109 cm³/mol. The largest absolute Gasteiger partial charge is 0.494 e. The molecule has 30 heavy (non-hydrogen) atoms. The van der Waals surface area contributed by atoms with Crippen molar-refractivity contribution in [2.45, 2.75) is 38.4 Å². The van der Waals surface area contributed by atoms with Gasteiger partial charge in [0.2, 0.25) is 0 Å². The second-order valence-electron chi connectivity index (χ2n) is 8.32. The summed E-state index contributed by atoms with van der Waals surface area (Å²) in [5.41, 5.74) is 2.70. The molecule has 0 saturated heterocycles. The number of methoxy groups -OCH3 is 1. The van der Waals surface area contributed by atoms with Crippen LogP contribution in [0.2, 0.25) is 0 Å². The van der Waals surface area contributed by atoms with Gasteiger partial charge >= 0.3 is 5.97 Å². The van der Waals surface area contributed by atoms with Crippen molar-refractivity contribution >= 4 is 17.4 Å². The number of fused-ring (bicyclic) bond motifs is 2. The van der Waals surface area contributed by atoms with Crippen LogP contribution in [0.25, 0.3) is 11.1 Å². The minimum absolute atomic E-state index is 0.0838. The number of nitrogens with zero attached hydrogens (tertiary/aromatic N) is 2. The van der Waals surface area contributed by atoms with Crippen LogP contribution < -0.4 is 15.0 Å². The molecule has 2 atom stereocenters. The van der Waals surface area contributed by atoms with Crippen molar-refractivity contribution < 1.29 is 23.8 Å². The van der Waals surface area contributed by atoms with Crippen LogP contribution in [0.15, 0.2) is 18.3 Å². The van der Waals surface area contributed by atoms with Gasteiger partial charge in [-0.2, -0.15) is 0 Å². The molecule has 8 heteroatoms. The van der Waals surface area contributed by atoms with E-state index in [0.717, 1.165) is 31.6 Å². The predicted octanol–water partition coefficient (Wildman–Crippen LogP) is 2.83. The highest BCUT2D eigenvalue weighted by atomic mass is 19.1. The minimum atomic E-state index is -1.19. The number of benzene rings is 1. The number of ether oxygens (including phenoxy) is 1. The Labute approximate surface area is 173 Å². The number of carboxylic acids is 1. The average molecular weight is 413 g/mol. The fourth-order valence-electron chi connectivity index (χ4n) is 4.76. The van der Waals surface area contributed by atoms with Gasteiger partial charge in [0.15, 0.2) is 11.5 Å². The lowest BCUT2D eigenvalue weighted by Gasteiger charge is -2.35. The van der Waals surface area contributed by atoms with Crippen molar-refractivity contribution in [3.05, 3.63) is 35.4 Å². The smallest absolute Gasteiger partial charge is 0.316 e. The van der Waals surface area contributed by atoms with E-state index in [0.29, 0.717) is 22.6 Å². The third-order valence-electron chi connectivity index (χ3n) is 6.41. The molecule has 0 amide bonds. The Balaban J connectivity index is 1.71. The number of ketones is 1. The number of halogens is 1. The van der Waals surface area contributed by atoms with E-state index in [4.69, 9.17) is 4.74 Å². The number of aromatic nitrogens is 1. The molecular weight excluding hydrogens is 389 g/mol. The number of hydrogen-bond acceptors (Lipinski definition) is 5. The highest BCUT2D eigenvalue weighted by Gasteiger charge is 2.44. The summed E-state index contributed by atoms with van der Waals surface area (Å²) in [6.07, 6.45) is 3.76. The maximum Gasteiger partial charge on any atom is 0.316 e. The Bertz CT molecular complexity index is 1060. The number of rotatable bonds is 4. The van der Waals surface area contributed by atoms with Crippen LogP contribution in [0, 0.1) is 11.7 Å². The summed E-state index contributed by atoms with van der Waals surface area (Å²) in [5, 5.41) is 12.9. The summed E-state index contributed by atoms with van der Waals surface area (Å²) in [5.74, 6) is -3.21. The Morgan fingerprint density at radius 2 is 2.10 bits per heavy atom. The number of carbonyl (C=O) groups is 2. The van der Waals surface area contributed by atoms with Crippen LogP contribution >= 0.6 is 0 Å². The molecule has 7 nitrogen and oxygen atoms in total. The molecule has 1 aromatic carbocycles. The first-order chi connectivity index (χ1) is 14.4. The molecular formula is C22H24FN3O4. The molecule has 5 rings (SSSR count). The third-order valence-corrected chi connectivity index (χ3v) is 6.41. The number of Topliss-reactive ketones (excluding diaryl/α,β-unsaturated/α-hetero) is 1. The zero-order valence-corrected chi connectivity index (χ0v) is 16.9. The van der Waals surface area contributed by atoms with Crippen molar-refractivity contribution in [2.75, 3.05) is 25.1 Å². The van der Waals surface area contributed by atoms with E-state index >= 15 is 4.39 Å². The molecule has 2 aliphatic heterocycles. The van der Waals surface area contributed by atoms with Crippen LogP contribution in [-0.4, -0.2) is 47.7 Å². The van der Waals surface area contributed by atoms with Crippen LogP contribution in [0.5, 0.6) is 5.75 Å². The maximum absolute atomic E-state index is 15.4. The SMILES string of the molecule is COc1c(-c2cc3n(c2)CCN[C@H]3C)c(F)cc2c1N(C1CC1)CC(C(=O)O)C2=O. The molecule has 0 bridgehead atoms. The van der Waals surface area contributed by atoms with Crippen LogP contribution in [0.3, 0.4) is 0 Å². The summed E-state index contributed by atoms with van der Waals surface area (Å²) < 4.78 is 23.2. The number of anilines is 1. The zero-order chi connectivity index (χ0) is 21.2. The first kappa shape index (κ1) is 19.1. The Morgan fingerprint density at radius 1 is 1.33 bits per heavy atom. The van der Waals surface area contributed by atoms with E-state index < -0.39 is 23.5 Å². The number of carboxylic acid groups (broad SMARTS) is 1. The Hall–Kier alpha value is -2.87. The molecule has 2 aromatic rings. The summed E-state index contributed by atoms with van der Waals surface area (Å²) in [6, 6.07) is 3.45. The molecule has 2 N–H and O–H groups in total. The Kier molecular flexibility index (Phi) is 4.36. The van der Waals surface area contributed by atoms with Gasteiger partial charge in [0.05, 0.1) is 18.4 Å². The molecule has 3 aliphatic rings. The van der Waals surface area contributed by atoms with E-state index in [-0.39, 0.29) is 24.2 Å². The van der Waals surface area contributed by atoms with Gasteiger partial charge in [0, 0.05) is 54.7 Å². The molecule has 158 valence electrons. The lowest BCUT2D eigenvalue weighted by atomic mass is 9.88. The second-order valence-corrected chi connectivity index (χ2v) is 8.32. The first-order valence-electron chi connectivity index (χ1n) is 10.3. The lowest BCUT2D eigenvalue weighted by molar-refractivity contribution is -0.139. The molecule has 1 aliphatic carbocycles. The van der Waals surface area contributed by atoms with Crippen LogP contribution in [0.4, 0.5) is 10.1 Å². The van der Waals surface area contributed by atoms with Crippen molar-refractivity contribution in [2.24, 2.45) is 5.92 Å². The normalized spacial score (nSPS) is 23.2. The van der Waals surface area contributed by atoms with E-state index in [2.05, 4.69) is 16.8 Å². The number of aliphatic carboxylic acids is 1. The van der Waals surface area contributed by atoms with Gasteiger partial charge in [-0.1, -0.05) is 0 Å². The van der Waals surface area contributed by atoms with Gasteiger partial charge in [0.1, 0.15) is 11.7 Å². The van der Waals surface area contributed by atoms with Crippen molar-refractivity contribution in [3.63, 3.8) is 0 Å². The van der Waals surface area contributed by atoms with Gasteiger partial charge in [-0.25, -0.2) is 4.39 Å². The summed E-state index contributed by atoms with van der Waals surface area (Å²) in [4.78, 5) is 26.5. The molecule has 1 unspecified atom stereocenters. The molecule has 1 aromatic heterocycles. The second kappa shape index (κ2) is 6.84. The van der Waals surface area contributed by atoms with Gasteiger partial charge in [-0.3, -0.25) is 9.59 Å². The summed E-state index contributed by atoms with van der Waals surface area (Å²) in [7, 11) is 1.47. The molecule has 0 radical (unpaired) electrons. The fourth-order valence-corrected chi connectivity index (χ4v) is 4.76. The van der Waals surface area contributed by atoms with E-state index in [1.165, 1.54) is 13.2 Å². The van der Waals surface area contributed by atoms with Crippen molar-refractivity contribution in [3.8, 4) is 16.9 Å². The standard InChI is InChI=1S/C22H24FN3O4/c1-11-17-7-12(9-25(17)6-5-24-11)18-16(23)8-14-19(21(18)30-2)26(13-3-4-13)10-15(20(14)27)22(28)29/h7-9,11,13,15,24H,3-6,10H2,1-2H3,(H,28,29)/t11-,15?/m0/s1. The van der Waals surface area contributed by atoms with Gasteiger partial charge in [0.25, 0.3) is 0 Å². The van der Waals surface area contributed by atoms with Crippen LogP contribution in [0.1, 0.15) is 41.9 Å². The molecule has 1 fully saturated rings. The van der Waals surface area contributed by atoms with E-state index in [1.807, 2.05) is 17.2 Å². The maximum atomic E-state index is 15.4. The number of nitrogens with one attached hydrogen (secondary N) is 1. The van der Waals surface area contributed by atoms with E-state index in [9.17, 15) is 14.7 Å². The summed E-state index contributed by atoms with van der Waals surface area (Å²) in [6.45, 7) is 3.78. The number of hydrogen-bond donors (Lipinski definition) is 2. The minimum Gasteiger partial charge on any atom is -0.494 e. The lowest BCUT2D eigenvalue weighted by Crippen LogP contribution is -2.44.